The molecular weight excluding hydrogens is 546 g/mol. The quantitative estimate of drug-likeness (QED) is 0.0742. The molecule has 4 aromatic rings. The van der Waals surface area contributed by atoms with Crippen LogP contribution in [0.1, 0.15) is 71.4 Å². The highest BCUT2D eigenvalue weighted by molar-refractivity contribution is 6.08. The lowest BCUT2D eigenvalue weighted by Gasteiger charge is -2.20. The van der Waals surface area contributed by atoms with Gasteiger partial charge in [0.25, 0.3) is 0 Å². The molecule has 0 aliphatic carbocycles. The molecule has 226 valence electrons. The van der Waals surface area contributed by atoms with E-state index in [4.69, 9.17) is 9.47 Å². The van der Waals surface area contributed by atoms with Crippen molar-refractivity contribution in [1.82, 2.24) is 0 Å². The smallest absolute Gasteiger partial charge is 0.185 e. The van der Waals surface area contributed by atoms with Crippen LogP contribution >= 0.6 is 0 Å². The van der Waals surface area contributed by atoms with E-state index in [0.29, 0.717) is 24.3 Å². The monoisotopic (exact) mass is 587 g/mol. The van der Waals surface area contributed by atoms with Crippen LogP contribution in [0.5, 0.6) is 11.5 Å². The maximum atomic E-state index is 13.1. The predicted molar refractivity (Wildman–Crippen MR) is 181 cm³/mol. The molecule has 0 unspecified atom stereocenters. The lowest BCUT2D eigenvalue weighted by Crippen LogP contribution is -2.09. The normalized spacial score (nSPS) is 11.2. The van der Waals surface area contributed by atoms with Crippen molar-refractivity contribution in [3.63, 3.8) is 0 Å². The molecule has 0 radical (unpaired) electrons. The molecular formula is C39H41NO4. The number of allylic oxidation sites excluding steroid dienone is 2. The Morgan fingerprint density at radius 2 is 1.11 bits per heavy atom. The summed E-state index contributed by atoms with van der Waals surface area (Å²) in [6, 6.07) is 30.5. The number of carbonyl (C=O) groups excluding carboxylic acids is 2. The molecule has 5 nitrogen and oxygen atoms in total. The molecule has 0 spiro atoms. The summed E-state index contributed by atoms with van der Waals surface area (Å²) in [6.07, 6.45) is 10.9. The van der Waals surface area contributed by atoms with Crippen molar-refractivity contribution in [3.8, 4) is 11.5 Å². The Labute approximate surface area is 261 Å². The highest BCUT2D eigenvalue weighted by Gasteiger charge is 2.09. The molecule has 0 aromatic heterocycles. The summed E-state index contributed by atoms with van der Waals surface area (Å²) < 4.78 is 11.4. The lowest BCUT2D eigenvalue weighted by atomic mass is 10.0. The number of para-hydroxylation sites is 1. The van der Waals surface area contributed by atoms with Gasteiger partial charge in [-0.2, -0.15) is 0 Å². The van der Waals surface area contributed by atoms with Crippen molar-refractivity contribution >= 4 is 35.1 Å². The summed E-state index contributed by atoms with van der Waals surface area (Å²) in [4.78, 5) is 28.2. The average Bonchev–Trinajstić information content (AvgIpc) is 3.07. The largest absolute Gasteiger partial charge is 0.494 e. The van der Waals surface area contributed by atoms with Crippen LogP contribution in [-0.2, 0) is 0 Å². The van der Waals surface area contributed by atoms with E-state index in [2.05, 4.69) is 18.7 Å². The molecule has 44 heavy (non-hydrogen) atoms. The number of nitrogens with zero attached hydrogens (tertiary/aromatic N) is 1. The van der Waals surface area contributed by atoms with Gasteiger partial charge in [0.05, 0.1) is 13.2 Å². The minimum atomic E-state index is -0.112. The highest BCUT2D eigenvalue weighted by atomic mass is 16.5. The number of ketones is 2. The first-order valence-corrected chi connectivity index (χ1v) is 15.3. The van der Waals surface area contributed by atoms with Crippen LogP contribution in [0.3, 0.4) is 0 Å². The summed E-state index contributed by atoms with van der Waals surface area (Å²) in [5, 5.41) is 0. The van der Waals surface area contributed by atoms with Gasteiger partial charge in [0, 0.05) is 29.5 Å². The van der Waals surface area contributed by atoms with Gasteiger partial charge in [-0.1, -0.05) is 63.1 Å². The van der Waals surface area contributed by atoms with Gasteiger partial charge in [0.15, 0.2) is 11.6 Å². The number of unbranched alkanes of at least 4 members (excludes halogenated alkanes) is 2. The fourth-order valence-electron chi connectivity index (χ4n) is 4.49. The third-order valence-corrected chi connectivity index (χ3v) is 7.24. The van der Waals surface area contributed by atoms with Crippen molar-refractivity contribution < 1.29 is 19.1 Å². The summed E-state index contributed by atoms with van der Waals surface area (Å²) in [5.41, 5.74) is 4.81. The summed E-state index contributed by atoms with van der Waals surface area (Å²) in [5.74, 6) is 1.29. The van der Waals surface area contributed by atoms with Crippen LogP contribution in [0.25, 0.3) is 12.2 Å². The van der Waals surface area contributed by atoms with Crippen LogP contribution < -0.4 is 14.4 Å². The Morgan fingerprint density at radius 1 is 0.614 bits per heavy atom. The molecule has 0 fully saturated rings. The van der Waals surface area contributed by atoms with E-state index in [-0.39, 0.29) is 11.6 Å². The van der Waals surface area contributed by atoms with E-state index in [1.54, 1.807) is 42.5 Å². The second-order valence-electron chi connectivity index (χ2n) is 10.6. The van der Waals surface area contributed by atoms with E-state index in [1.807, 2.05) is 85.9 Å². The molecule has 0 aliphatic heterocycles. The van der Waals surface area contributed by atoms with Crippen LogP contribution in [0, 0.1) is 0 Å². The summed E-state index contributed by atoms with van der Waals surface area (Å²) in [7, 11) is 2.00. The first-order valence-electron chi connectivity index (χ1n) is 15.3. The number of benzene rings is 4. The Bertz CT molecular complexity index is 1550. The number of rotatable bonds is 16. The third-order valence-electron chi connectivity index (χ3n) is 7.24. The van der Waals surface area contributed by atoms with Crippen molar-refractivity contribution in [2.75, 3.05) is 25.2 Å². The number of hydrogen-bond acceptors (Lipinski definition) is 5. The van der Waals surface area contributed by atoms with E-state index >= 15 is 0 Å². The first kappa shape index (κ1) is 32.0. The van der Waals surface area contributed by atoms with Crippen LogP contribution in [0.2, 0.25) is 0 Å². The topological polar surface area (TPSA) is 55.8 Å². The minimum absolute atomic E-state index is 0.108. The molecule has 0 saturated heterocycles. The van der Waals surface area contributed by atoms with Crippen LogP contribution in [0.15, 0.2) is 109 Å². The Morgan fingerprint density at radius 3 is 1.61 bits per heavy atom. The number of ether oxygens (including phenoxy) is 2. The van der Waals surface area contributed by atoms with Crippen LogP contribution in [-0.4, -0.2) is 31.8 Å². The number of carbonyl (C=O) groups is 2. The number of anilines is 2. The maximum Gasteiger partial charge on any atom is 0.185 e. The van der Waals surface area contributed by atoms with Crippen LogP contribution in [0.4, 0.5) is 11.4 Å². The van der Waals surface area contributed by atoms with Gasteiger partial charge in [-0.05, 0) is 109 Å². The van der Waals surface area contributed by atoms with Gasteiger partial charge < -0.3 is 14.4 Å². The zero-order chi connectivity index (χ0) is 31.1. The van der Waals surface area contributed by atoms with Gasteiger partial charge in [-0.3, -0.25) is 9.59 Å². The van der Waals surface area contributed by atoms with Crippen molar-refractivity contribution in [2.45, 2.75) is 39.5 Å². The maximum absolute atomic E-state index is 13.1. The highest BCUT2D eigenvalue weighted by Crippen LogP contribution is 2.27. The van der Waals surface area contributed by atoms with E-state index in [1.165, 1.54) is 0 Å². The zero-order valence-corrected chi connectivity index (χ0v) is 25.9. The molecule has 5 heteroatoms. The van der Waals surface area contributed by atoms with E-state index in [9.17, 15) is 9.59 Å². The third kappa shape index (κ3) is 9.30. The van der Waals surface area contributed by atoms with Gasteiger partial charge in [0.2, 0.25) is 0 Å². The SMILES string of the molecule is CCCCOc1ccc(C(=O)/C=C/c2ccc(N(C)c3ccccc3)cc2/C=C/C(=O)c2ccc(OCCCC)cc2)cc1. The van der Waals surface area contributed by atoms with Gasteiger partial charge >= 0.3 is 0 Å². The fraction of sp³-hybridized carbons (Fsp3) is 0.231. The van der Waals surface area contributed by atoms with Crippen molar-refractivity contribution in [3.05, 3.63) is 131 Å². The summed E-state index contributed by atoms with van der Waals surface area (Å²) >= 11 is 0. The molecule has 0 amide bonds. The Balaban J connectivity index is 1.55. The molecule has 0 heterocycles. The Kier molecular flexibility index (Phi) is 12.1. The van der Waals surface area contributed by atoms with Crippen molar-refractivity contribution in [2.24, 2.45) is 0 Å². The lowest BCUT2D eigenvalue weighted by molar-refractivity contribution is 0.103. The van der Waals surface area contributed by atoms with Gasteiger partial charge in [-0.15, -0.1) is 0 Å². The predicted octanol–water partition coefficient (Wildman–Crippen LogP) is 9.60. The molecule has 0 saturated carbocycles. The van der Waals surface area contributed by atoms with Gasteiger partial charge in [0.1, 0.15) is 11.5 Å². The van der Waals surface area contributed by atoms with Gasteiger partial charge in [-0.25, -0.2) is 0 Å². The molecule has 0 aliphatic rings. The Hall–Kier alpha value is -4.90. The fourth-order valence-corrected chi connectivity index (χ4v) is 4.49. The molecule has 4 rings (SSSR count). The average molecular weight is 588 g/mol. The van der Waals surface area contributed by atoms with Crippen molar-refractivity contribution in [1.29, 1.82) is 0 Å². The molecule has 0 bridgehead atoms. The number of hydrogen-bond donors (Lipinski definition) is 0. The van der Waals surface area contributed by atoms with E-state index < -0.39 is 0 Å². The second kappa shape index (κ2) is 16.7. The first-order chi connectivity index (χ1) is 21.5. The minimum Gasteiger partial charge on any atom is -0.494 e. The summed E-state index contributed by atoms with van der Waals surface area (Å²) in [6.45, 7) is 5.57. The zero-order valence-electron chi connectivity index (χ0n) is 25.9. The van der Waals surface area contributed by atoms with E-state index in [0.717, 1.165) is 59.7 Å². The second-order valence-corrected chi connectivity index (χ2v) is 10.6. The molecule has 0 N–H and O–H groups in total. The molecule has 0 atom stereocenters. The standard InChI is InChI=1S/C39H41NO4/c1-4-6-27-43-36-21-14-31(15-22-36)38(41)25-18-30-13-20-35(40(3)34-11-9-8-10-12-34)29-33(30)19-26-39(42)32-16-23-37(24-17-32)44-28-7-5-2/h8-26,29H,4-7,27-28H2,1-3H3/b25-18+,26-19+. The molecule has 4 aromatic carbocycles.